The summed E-state index contributed by atoms with van der Waals surface area (Å²) in [6.45, 7) is 3.28. The number of hydrogen-bond donors (Lipinski definition) is 2. The predicted molar refractivity (Wildman–Crippen MR) is 81.6 cm³/mol. The Bertz CT molecular complexity index is 572. The Morgan fingerprint density at radius 1 is 1.35 bits per heavy atom. The van der Waals surface area contributed by atoms with Crippen LogP contribution in [0.5, 0.6) is 0 Å². The van der Waals surface area contributed by atoms with Crippen molar-refractivity contribution in [2.75, 3.05) is 23.7 Å². The van der Waals surface area contributed by atoms with E-state index in [1.165, 1.54) is 11.6 Å². The molecule has 0 radical (unpaired) electrons. The number of nitro groups is 1. The summed E-state index contributed by atoms with van der Waals surface area (Å²) >= 11 is 1.64. The smallest absolute Gasteiger partial charge is 0.311 e. The Labute approximate surface area is 121 Å². The van der Waals surface area contributed by atoms with Crippen LogP contribution in [0.4, 0.5) is 17.3 Å². The fraction of sp³-hybridized carbons (Fsp3) is 0.308. The molecular formula is C13H16N4O2S. The van der Waals surface area contributed by atoms with Crippen molar-refractivity contribution in [3.05, 3.63) is 44.6 Å². The van der Waals surface area contributed by atoms with Gasteiger partial charge in [0.05, 0.1) is 4.92 Å². The van der Waals surface area contributed by atoms with Gasteiger partial charge in [-0.2, -0.15) is 11.3 Å². The molecule has 0 bridgehead atoms. The molecular weight excluding hydrogens is 276 g/mol. The maximum atomic E-state index is 11.0. The summed E-state index contributed by atoms with van der Waals surface area (Å²) in [7, 11) is 0. The second-order valence-corrected chi connectivity index (χ2v) is 4.94. The van der Waals surface area contributed by atoms with Crippen molar-refractivity contribution in [3.63, 3.8) is 0 Å². The minimum Gasteiger partial charge on any atom is -0.370 e. The molecule has 6 nitrogen and oxygen atoms in total. The monoisotopic (exact) mass is 292 g/mol. The second-order valence-electron chi connectivity index (χ2n) is 4.16. The molecule has 0 aliphatic rings. The fourth-order valence-corrected chi connectivity index (χ4v) is 2.47. The van der Waals surface area contributed by atoms with Crippen LogP contribution in [-0.4, -0.2) is 23.0 Å². The Hall–Kier alpha value is -2.15. The minimum atomic E-state index is -0.421. The summed E-state index contributed by atoms with van der Waals surface area (Å²) in [5, 5.41) is 21.2. The summed E-state index contributed by atoms with van der Waals surface area (Å²) < 4.78 is 0. The van der Waals surface area contributed by atoms with Gasteiger partial charge in [-0.3, -0.25) is 10.1 Å². The first kappa shape index (κ1) is 14.3. The van der Waals surface area contributed by atoms with Gasteiger partial charge < -0.3 is 10.6 Å². The van der Waals surface area contributed by atoms with Gasteiger partial charge in [-0.1, -0.05) is 0 Å². The molecule has 2 aromatic heterocycles. The lowest BCUT2D eigenvalue weighted by molar-refractivity contribution is -0.384. The van der Waals surface area contributed by atoms with Crippen molar-refractivity contribution in [3.8, 4) is 0 Å². The summed E-state index contributed by atoms with van der Waals surface area (Å²) in [6, 6.07) is 5.13. The predicted octanol–water partition coefficient (Wildman–Crippen LogP) is 3.14. The molecule has 0 saturated carbocycles. The summed E-state index contributed by atoms with van der Waals surface area (Å²) in [5.41, 5.74) is 1.21. The third kappa shape index (κ3) is 3.67. The summed E-state index contributed by atoms with van der Waals surface area (Å²) in [5.74, 6) is 0.944. The molecule has 0 aliphatic heterocycles. The number of nitrogens with zero attached hydrogens (tertiary/aromatic N) is 2. The van der Waals surface area contributed by atoms with Crippen LogP contribution in [0.2, 0.25) is 0 Å². The fourth-order valence-electron chi connectivity index (χ4n) is 1.77. The number of nitrogens with one attached hydrogen (secondary N) is 2. The molecule has 0 amide bonds. The van der Waals surface area contributed by atoms with Gasteiger partial charge in [0.1, 0.15) is 5.82 Å². The van der Waals surface area contributed by atoms with Crippen molar-refractivity contribution >= 4 is 28.7 Å². The van der Waals surface area contributed by atoms with E-state index in [-0.39, 0.29) is 5.69 Å². The van der Waals surface area contributed by atoms with Crippen molar-refractivity contribution in [1.82, 2.24) is 4.98 Å². The number of hydrogen-bond acceptors (Lipinski definition) is 6. The topological polar surface area (TPSA) is 80.1 Å². The molecule has 2 rings (SSSR count). The highest BCUT2D eigenvalue weighted by atomic mass is 32.1. The zero-order valence-electron chi connectivity index (χ0n) is 11.1. The normalized spacial score (nSPS) is 10.2. The van der Waals surface area contributed by atoms with Crippen LogP contribution in [0.25, 0.3) is 0 Å². The van der Waals surface area contributed by atoms with Gasteiger partial charge in [0, 0.05) is 19.2 Å². The SMILES string of the molecule is CCNc1ccc([N+](=O)[O-])c(NCCc2ccsc2)n1. The zero-order valence-corrected chi connectivity index (χ0v) is 11.9. The first-order chi connectivity index (χ1) is 9.70. The molecule has 0 atom stereocenters. The Morgan fingerprint density at radius 3 is 2.85 bits per heavy atom. The van der Waals surface area contributed by atoms with Gasteiger partial charge >= 0.3 is 5.69 Å². The summed E-state index contributed by atoms with van der Waals surface area (Å²) in [6.07, 6.45) is 0.813. The average Bonchev–Trinajstić information content (AvgIpc) is 2.92. The van der Waals surface area contributed by atoms with Crippen LogP contribution in [0, 0.1) is 10.1 Å². The maximum absolute atomic E-state index is 11.0. The molecule has 7 heteroatoms. The van der Waals surface area contributed by atoms with E-state index in [0.29, 0.717) is 18.2 Å². The number of rotatable bonds is 7. The van der Waals surface area contributed by atoms with E-state index in [9.17, 15) is 10.1 Å². The highest BCUT2D eigenvalue weighted by Gasteiger charge is 2.15. The second kappa shape index (κ2) is 6.85. The minimum absolute atomic E-state index is 0.00280. The van der Waals surface area contributed by atoms with Crippen molar-refractivity contribution in [1.29, 1.82) is 0 Å². The molecule has 0 unspecified atom stereocenters. The lowest BCUT2D eigenvalue weighted by Crippen LogP contribution is -2.10. The lowest BCUT2D eigenvalue weighted by Gasteiger charge is -2.08. The van der Waals surface area contributed by atoms with Crippen LogP contribution < -0.4 is 10.6 Å². The van der Waals surface area contributed by atoms with E-state index in [0.717, 1.165) is 13.0 Å². The lowest BCUT2D eigenvalue weighted by atomic mass is 10.2. The molecule has 20 heavy (non-hydrogen) atoms. The van der Waals surface area contributed by atoms with Gasteiger partial charge in [0.25, 0.3) is 0 Å². The third-order valence-corrected chi connectivity index (χ3v) is 3.45. The van der Waals surface area contributed by atoms with Crippen LogP contribution in [-0.2, 0) is 6.42 Å². The average molecular weight is 292 g/mol. The molecule has 2 N–H and O–H groups in total. The van der Waals surface area contributed by atoms with E-state index in [2.05, 4.69) is 21.0 Å². The highest BCUT2D eigenvalue weighted by Crippen LogP contribution is 2.24. The van der Waals surface area contributed by atoms with Crippen LogP contribution in [0.1, 0.15) is 12.5 Å². The van der Waals surface area contributed by atoms with E-state index < -0.39 is 4.92 Å². The van der Waals surface area contributed by atoms with Crippen molar-refractivity contribution in [2.24, 2.45) is 0 Å². The van der Waals surface area contributed by atoms with Gasteiger partial charge in [-0.15, -0.1) is 0 Å². The number of anilines is 2. The van der Waals surface area contributed by atoms with Crippen LogP contribution in [0.15, 0.2) is 29.0 Å². The first-order valence-corrected chi connectivity index (χ1v) is 7.29. The number of aromatic nitrogens is 1. The van der Waals surface area contributed by atoms with E-state index in [4.69, 9.17) is 0 Å². The Balaban J connectivity index is 2.06. The van der Waals surface area contributed by atoms with Crippen molar-refractivity contribution in [2.45, 2.75) is 13.3 Å². The summed E-state index contributed by atoms with van der Waals surface area (Å²) in [4.78, 5) is 14.8. The van der Waals surface area contributed by atoms with E-state index >= 15 is 0 Å². The zero-order chi connectivity index (χ0) is 14.4. The largest absolute Gasteiger partial charge is 0.370 e. The quantitative estimate of drug-likeness (QED) is 0.605. The standard InChI is InChI=1S/C13H16N4O2S/c1-2-14-12-4-3-11(17(18)19)13(16-12)15-7-5-10-6-8-20-9-10/h3-4,6,8-9H,2,5,7H2,1H3,(H2,14,15,16). The number of thiophene rings is 1. The molecule has 0 aromatic carbocycles. The van der Waals surface area contributed by atoms with Gasteiger partial charge in [0.15, 0.2) is 0 Å². The molecule has 106 valence electrons. The molecule has 0 aliphatic carbocycles. The molecule has 2 aromatic rings. The van der Waals surface area contributed by atoms with E-state index in [1.54, 1.807) is 17.4 Å². The number of pyridine rings is 1. The van der Waals surface area contributed by atoms with Crippen LogP contribution in [0.3, 0.4) is 0 Å². The van der Waals surface area contributed by atoms with E-state index in [1.807, 2.05) is 18.4 Å². The first-order valence-electron chi connectivity index (χ1n) is 6.35. The van der Waals surface area contributed by atoms with Crippen LogP contribution >= 0.6 is 11.3 Å². The molecule has 2 heterocycles. The van der Waals surface area contributed by atoms with Crippen molar-refractivity contribution < 1.29 is 4.92 Å². The Kier molecular flexibility index (Phi) is 4.89. The van der Waals surface area contributed by atoms with Gasteiger partial charge in [0.2, 0.25) is 5.82 Å². The molecule has 0 spiro atoms. The Morgan fingerprint density at radius 2 is 2.20 bits per heavy atom. The maximum Gasteiger partial charge on any atom is 0.311 e. The third-order valence-electron chi connectivity index (χ3n) is 2.71. The van der Waals surface area contributed by atoms with Gasteiger partial charge in [-0.05, 0) is 41.8 Å². The van der Waals surface area contributed by atoms with Gasteiger partial charge in [-0.25, -0.2) is 4.98 Å². The highest BCUT2D eigenvalue weighted by molar-refractivity contribution is 7.07. The molecule has 0 saturated heterocycles. The molecule has 0 fully saturated rings.